The van der Waals surface area contributed by atoms with Crippen molar-refractivity contribution < 1.29 is 52.1 Å². The second kappa shape index (κ2) is 22.8. The standard InChI is InChI=1S/C34H44N10O11S/c1-5-12-24(21-25(35)31(41-36)42-37-3)30-39-32(43-56(48,49)28-16-15-23(2)22-38-28)29(55-27-14-9-8-13-26(27)50-4)33(40-30)51-19-20-53-34(45)52-17-10-6-7-11-18-54-44(46)47/h5,8-9,12-16,21-22,46-47H,1,3,6-7,10-11,17-20,35-36H2,2,4H3,(H,41,42)(H,39,40,43)/b24-12+,25-21-. The number of para-hydroxylation sites is 2. The summed E-state index contributed by atoms with van der Waals surface area (Å²) < 4.78 is 57.6. The summed E-state index contributed by atoms with van der Waals surface area (Å²) >= 11 is 0. The van der Waals surface area contributed by atoms with E-state index < -0.39 is 22.0 Å². The summed E-state index contributed by atoms with van der Waals surface area (Å²) in [7, 11) is -3.00. The van der Waals surface area contributed by atoms with Crippen molar-refractivity contribution in [3.05, 3.63) is 84.5 Å². The lowest BCUT2D eigenvalue weighted by Gasteiger charge is -2.18. The summed E-state index contributed by atoms with van der Waals surface area (Å²) in [5, 5.41) is 23.5. The fraction of sp³-hybridized carbons (Fsp3) is 0.294. The van der Waals surface area contributed by atoms with Crippen LogP contribution in [0, 0.1) is 6.92 Å². The number of rotatable bonds is 23. The lowest BCUT2D eigenvalue weighted by Crippen LogP contribution is -2.26. The van der Waals surface area contributed by atoms with E-state index in [-0.39, 0.29) is 82.9 Å². The molecule has 56 heavy (non-hydrogen) atoms. The van der Waals surface area contributed by atoms with E-state index in [0.717, 1.165) is 5.56 Å². The molecule has 2 aromatic heterocycles. The molecule has 0 aliphatic heterocycles. The zero-order valence-corrected chi connectivity index (χ0v) is 31.5. The van der Waals surface area contributed by atoms with Crippen LogP contribution in [0.25, 0.3) is 5.57 Å². The number of allylic oxidation sites excluding steroid dienone is 4. The summed E-state index contributed by atoms with van der Waals surface area (Å²) in [6.07, 6.45) is 7.09. The molecule has 1 aromatic carbocycles. The maximum atomic E-state index is 13.7. The number of amidine groups is 1. The van der Waals surface area contributed by atoms with Crippen molar-refractivity contribution in [3.8, 4) is 23.1 Å². The van der Waals surface area contributed by atoms with E-state index in [4.69, 9.17) is 45.7 Å². The SMILES string of the molecule is C=C/C=C(\C=C(/N)C(=NN)NN=C)c1nc(NS(=O)(=O)c2ccc(C)cn2)c(Oc2ccccc2OC)c(OCCOC(=O)OCCCCCCON(O)O)n1. The van der Waals surface area contributed by atoms with Gasteiger partial charge in [-0.1, -0.05) is 43.4 Å². The van der Waals surface area contributed by atoms with E-state index in [0.29, 0.717) is 25.7 Å². The molecular formula is C34H44N10O11S. The van der Waals surface area contributed by atoms with E-state index in [1.807, 2.05) is 0 Å². The molecule has 0 bridgehead atoms. The minimum Gasteiger partial charge on any atom is -0.493 e. The zero-order valence-electron chi connectivity index (χ0n) is 30.7. The quantitative estimate of drug-likeness (QED) is 0.0151. The van der Waals surface area contributed by atoms with Gasteiger partial charge in [-0.25, -0.2) is 14.8 Å². The van der Waals surface area contributed by atoms with Gasteiger partial charge in [-0.15, -0.1) is 0 Å². The maximum absolute atomic E-state index is 13.7. The topological polar surface area (TPSA) is 290 Å². The number of pyridine rings is 1. The Bertz CT molecular complexity index is 1980. The maximum Gasteiger partial charge on any atom is 0.508 e. The average molecular weight is 801 g/mol. The number of ether oxygens (including phenoxy) is 5. The van der Waals surface area contributed by atoms with Crippen LogP contribution < -0.4 is 35.9 Å². The number of aryl methyl sites for hydroxylation is 1. The molecule has 0 atom stereocenters. The predicted octanol–water partition coefficient (Wildman–Crippen LogP) is 3.78. The number of unbranched alkanes of at least 4 members (excludes halogenated alkanes) is 3. The highest BCUT2D eigenvalue weighted by Gasteiger charge is 2.26. The Labute approximate surface area is 322 Å². The minimum atomic E-state index is -4.41. The zero-order chi connectivity index (χ0) is 40.9. The first-order valence-electron chi connectivity index (χ1n) is 16.6. The Balaban J connectivity index is 2.00. The molecule has 0 unspecified atom stereocenters. The van der Waals surface area contributed by atoms with Gasteiger partial charge in [-0.05, 0) is 56.0 Å². The third kappa shape index (κ3) is 14.1. The lowest BCUT2D eigenvalue weighted by molar-refractivity contribution is -0.492. The first kappa shape index (κ1) is 44.1. The van der Waals surface area contributed by atoms with Gasteiger partial charge in [0.1, 0.15) is 13.2 Å². The molecule has 21 nitrogen and oxygen atoms in total. The summed E-state index contributed by atoms with van der Waals surface area (Å²) in [4.78, 5) is 29.8. The molecule has 3 rings (SSSR count). The highest BCUT2D eigenvalue weighted by molar-refractivity contribution is 7.92. The van der Waals surface area contributed by atoms with Crippen LogP contribution in [0.1, 0.15) is 37.1 Å². The average Bonchev–Trinajstić information content (AvgIpc) is 3.17. The largest absolute Gasteiger partial charge is 0.508 e. The Morgan fingerprint density at radius 1 is 1.02 bits per heavy atom. The smallest absolute Gasteiger partial charge is 0.493 e. The lowest BCUT2D eigenvalue weighted by atomic mass is 10.1. The molecule has 302 valence electrons. The molecule has 22 heteroatoms. The second-order valence-corrected chi connectivity index (χ2v) is 12.7. The Kier molecular flexibility index (Phi) is 17.9. The molecule has 3 aromatic rings. The van der Waals surface area contributed by atoms with Gasteiger partial charge in [0.15, 0.2) is 34.0 Å². The number of benzene rings is 1. The van der Waals surface area contributed by atoms with Crippen LogP contribution in [0.15, 0.2) is 88.3 Å². The van der Waals surface area contributed by atoms with Crippen molar-refractivity contribution >= 4 is 40.1 Å². The number of carbonyl (C=O) groups is 1. The van der Waals surface area contributed by atoms with Crippen LogP contribution in [0.3, 0.4) is 0 Å². The van der Waals surface area contributed by atoms with E-state index in [1.54, 1.807) is 37.3 Å². The third-order valence-electron chi connectivity index (χ3n) is 6.97. The van der Waals surface area contributed by atoms with Gasteiger partial charge in [-0.2, -0.15) is 23.6 Å². The number of nitrogens with two attached hydrogens (primary N) is 2. The number of nitrogens with one attached hydrogen (secondary N) is 2. The number of aromatic nitrogens is 3. The third-order valence-corrected chi connectivity index (χ3v) is 8.22. The van der Waals surface area contributed by atoms with E-state index >= 15 is 0 Å². The molecule has 0 amide bonds. The van der Waals surface area contributed by atoms with Crippen molar-refractivity contribution in [3.63, 3.8) is 0 Å². The van der Waals surface area contributed by atoms with E-state index in [2.05, 4.69) is 53.4 Å². The molecule has 8 N–H and O–H groups in total. The Morgan fingerprint density at radius 2 is 1.73 bits per heavy atom. The molecule has 0 spiro atoms. The minimum absolute atomic E-state index is 0.0416. The number of hydrazone groups is 2. The summed E-state index contributed by atoms with van der Waals surface area (Å²) in [5.74, 6) is 4.66. The number of sulfonamides is 1. The fourth-order valence-electron chi connectivity index (χ4n) is 4.38. The Morgan fingerprint density at radius 3 is 2.38 bits per heavy atom. The van der Waals surface area contributed by atoms with Crippen molar-refractivity contribution in [1.82, 2.24) is 25.8 Å². The van der Waals surface area contributed by atoms with Crippen LogP contribution in [-0.4, -0.2) is 91.4 Å². The molecule has 0 fully saturated rings. The van der Waals surface area contributed by atoms with Crippen LogP contribution >= 0.6 is 0 Å². The number of nitrogens with zero attached hydrogens (tertiary/aromatic N) is 6. The van der Waals surface area contributed by atoms with Gasteiger partial charge in [-0.3, -0.25) is 25.4 Å². The molecular weight excluding hydrogens is 757 g/mol. The van der Waals surface area contributed by atoms with E-state index in [1.165, 1.54) is 37.6 Å². The highest BCUT2D eigenvalue weighted by atomic mass is 32.2. The van der Waals surface area contributed by atoms with Crippen LogP contribution in [-0.2, 0) is 24.3 Å². The van der Waals surface area contributed by atoms with Gasteiger partial charge >= 0.3 is 6.16 Å². The molecule has 0 aliphatic carbocycles. The van der Waals surface area contributed by atoms with Gasteiger partial charge in [0.05, 0.1) is 31.4 Å². The first-order valence-corrected chi connectivity index (χ1v) is 18.1. The van der Waals surface area contributed by atoms with Crippen molar-refractivity contribution in [2.45, 2.75) is 37.6 Å². The van der Waals surface area contributed by atoms with Crippen molar-refractivity contribution in [2.75, 3.05) is 38.3 Å². The number of hydrogen-bond donors (Lipinski definition) is 6. The van der Waals surface area contributed by atoms with Crippen molar-refractivity contribution in [1.29, 1.82) is 0 Å². The monoisotopic (exact) mass is 800 g/mol. The summed E-state index contributed by atoms with van der Waals surface area (Å²) in [6, 6.07) is 9.41. The summed E-state index contributed by atoms with van der Waals surface area (Å²) in [6.45, 7) is 8.35. The number of hydrogen-bond acceptors (Lipinski definition) is 19. The van der Waals surface area contributed by atoms with Crippen LogP contribution in [0.5, 0.6) is 23.1 Å². The fourth-order valence-corrected chi connectivity index (χ4v) is 5.32. The molecule has 2 heterocycles. The first-order chi connectivity index (χ1) is 26.9. The number of carbonyl (C=O) groups excluding carboxylic acids is 1. The molecule has 0 saturated heterocycles. The van der Waals surface area contributed by atoms with Gasteiger partial charge in [0, 0.05) is 18.5 Å². The number of anilines is 1. The second-order valence-electron chi connectivity index (χ2n) is 11.1. The van der Waals surface area contributed by atoms with Crippen LogP contribution in [0.4, 0.5) is 10.6 Å². The van der Waals surface area contributed by atoms with Gasteiger partial charge < -0.3 is 35.3 Å². The van der Waals surface area contributed by atoms with Gasteiger partial charge in [0.2, 0.25) is 5.75 Å². The highest BCUT2D eigenvalue weighted by Crippen LogP contribution is 2.41. The molecule has 0 saturated carbocycles. The molecule has 0 aliphatic rings. The van der Waals surface area contributed by atoms with E-state index in [9.17, 15) is 13.2 Å². The van der Waals surface area contributed by atoms with Gasteiger partial charge in [0.25, 0.3) is 15.9 Å². The van der Waals surface area contributed by atoms with Crippen molar-refractivity contribution in [2.24, 2.45) is 21.8 Å². The number of methoxy groups -OCH3 is 1. The predicted molar refractivity (Wildman–Crippen MR) is 202 cm³/mol. The normalized spacial score (nSPS) is 12.1. The summed E-state index contributed by atoms with van der Waals surface area (Å²) in [5.41, 5.74) is 9.52. The Hall–Kier alpha value is -6.33. The van der Waals surface area contributed by atoms with Crippen LogP contribution in [0.2, 0.25) is 0 Å². The molecule has 0 radical (unpaired) electrons.